The van der Waals surface area contributed by atoms with Gasteiger partial charge in [0, 0.05) is 13.1 Å². The number of nitrogens with zero attached hydrogens (tertiary/aromatic N) is 5. The first-order valence-electron chi connectivity index (χ1n) is 12.0. The van der Waals surface area contributed by atoms with Crippen molar-refractivity contribution in [2.24, 2.45) is 0 Å². The summed E-state index contributed by atoms with van der Waals surface area (Å²) < 4.78 is 54.3. The van der Waals surface area contributed by atoms with E-state index in [2.05, 4.69) is 20.3 Å². The van der Waals surface area contributed by atoms with Crippen LogP contribution in [0.15, 0.2) is 24.5 Å². The summed E-state index contributed by atoms with van der Waals surface area (Å²) in [7, 11) is 0. The van der Waals surface area contributed by atoms with Crippen LogP contribution in [0.2, 0.25) is 0 Å². The summed E-state index contributed by atoms with van der Waals surface area (Å²) in [5, 5.41) is 4.47. The van der Waals surface area contributed by atoms with Gasteiger partial charge in [-0.25, -0.2) is 19.7 Å². The molecule has 2 aromatic heterocycles. The minimum absolute atomic E-state index is 0.157. The average Bonchev–Trinajstić information content (AvgIpc) is 3.44. The van der Waals surface area contributed by atoms with E-state index in [-0.39, 0.29) is 42.0 Å². The van der Waals surface area contributed by atoms with Gasteiger partial charge in [-0.2, -0.15) is 13.2 Å². The Balaban J connectivity index is 1.26. The summed E-state index contributed by atoms with van der Waals surface area (Å²) in [5.41, 5.74) is 0.381. The number of amides is 3. The number of hydrogen-bond acceptors (Lipinski definition) is 9. The zero-order valence-corrected chi connectivity index (χ0v) is 20.6. The van der Waals surface area contributed by atoms with Crippen molar-refractivity contribution in [3.05, 3.63) is 30.2 Å². The highest BCUT2D eigenvalue weighted by molar-refractivity contribution is 6.04. The van der Waals surface area contributed by atoms with Crippen LogP contribution in [-0.2, 0) is 9.47 Å². The number of carbonyl (C=O) groups is 2. The van der Waals surface area contributed by atoms with Crippen LogP contribution >= 0.6 is 0 Å². The minimum Gasteiger partial charge on any atom is -0.474 e. The molecule has 2 fully saturated rings. The van der Waals surface area contributed by atoms with Gasteiger partial charge in [-0.15, -0.1) is 0 Å². The van der Waals surface area contributed by atoms with E-state index in [1.54, 1.807) is 11.4 Å². The average molecular weight is 537 g/mol. The number of carbonyl (C=O) groups excluding carboxylic acids is 2. The molecule has 2 bridgehead atoms. The maximum atomic E-state index is 13.3. The van der Waals surface area contributed by atoms with E-state index in [9.17, 15) is 22.8 Å². The van der Waals surface area contributed by atoms with Crippen LogP contribution < -0.4 is 25.2 Å². The van der Waals surface area contributed by atoms with Crippen molar-refractivity contribution in [2.75, 3.05) is 48.0 Å². The van der Waals surface area contributed by atoms with Crippen LogP contribution in [0.25, 0.3) is 0 Å². The summed E-state index contributed by atoms with van der Waals surface area (Å²) in [6.07, 6.45) is -1.45. The molecule has 3 amide bonds. The minimum atomic E-state index is -4.56. The molecule has 3 aliphatic rings. The van der Waals surface area contributed by atoms with Gasteiger partial charge >= 0.3 is 12.2 Å². The molecule has 2 saturated heterocycles. The first kappa shape index (κ1) is 25.9. The van der Waals surface area contributed by atoms with E-state index in [1.807, 2.05) is 18.7 Å². The van der Waals surface area contributed by atoms with Crippen molar-refractivity contribution in [1.29, 1.82) is 0 Å². The summed E-state index contributed by atoms with van der Waals surface area (Å²) >= 11 is 0. The molecule has 0 spiro atoms. The van der Waals surface area contributed by atoms with Gasteiger partial charge in [0.1, 0.15) is 24.9 Å². The summed E-state index contributed by atoms with van der Waals surface area (Å²) in [6, 6.07) is 2.13. The second kappa shape index (κ2) is 9.87. The Bertz CT molecular complexity index is 1210. The zero-order chi connectivity index (χ0) is 27.1. The lowest BCUT2D eigenvalue weighted by molar-refractivity contribution is -0.141. The molecule has 38 heavy (non-hydrogen) atoms. The molecule has 5 heterocycles. The molecule has 2 atom stereocenters. The third-order valence-corrected chi connectivity index (χ3v) is 6.20. The molecule has 0 saturated carbocycles. The Morgan fingerprint density at radius 2 is 2.05 bits per heavy atom. The van der Waals surface area contributed by atoms with Crippen LogP contribution in [-0.4, -0.2) is 83.8 Å². The lowest BCUT2D eigenvalue weighted by Crippen LogP contribution is -2.48. The largest absolute Gasteiger partial charge is 0.474 e. The molecule has 0 radical (unpaired) electrons. The molecular weight excluding hydrogens is 511 g/mol. The second-order valence-electron chi connectivity index (χ2n) is 9.53. The standard InChI is InChI=1S/C23H26F3N7O5/c1-22(2)37-11-14(38-22)10-36-18-8-27-17(7-28-18)31-21(35)33-13-5-6-32(9-13)16-4-3-15(30-19(16)33)20(34)29-12-23(24,25)26/h3-4,7-8,13-14H,5-6,9-12H2,1-2H3,(H,29,34)(H,27,31,35)/t13?,14-/m0/s1. The van der Waals surface area contributed by atoms with Gasteiger partial charge < -0.3 is 24.4 Å². The maximum absolute atomic E-state index is 13.3. The Morgan fingerprint density at radius 1 is 1.24 bits per heavy atom. The van der Waals surface area contributed by atoms with Gasteiger partial charge in [0.25, 0.3) is 5.91 Å². The van der Waals surface area contributed by atoms with E-state index in [0.717, 1.165) is 0 Å². The predicted molar refractivity (Wildman–Crippen MR) is 127 cm³/mol. The van der Waals surface area contributed by atoms with E-state index < -0.39 is 30.4 Å². The van der Waals surface area contributed by atoms with E-state index >= 15 is 0 Å². The molecule has 5 rings (SSSR count). The van der Waals surface area contributed by atoms with E-state index in [0.29, 0.717) is 31.8 Å². The Kier molecular flexibility index (Phi) is 6.73. The van der Waals surface area contributed by atoms with Crippen LogP contribution in [0.4, 0.5) is 35.3 Å². The molecule has 15 heteroatoms. The third kappa shape index (κ3) is 5.72. The molecule has 204 valence electrons. The Labute approximate surface area is 215 Å². The number of halogens is 3. The number of nitrogens with one attached hydrogen (secondary N) is 2. The first-order chi connectivity index (χ1) is 18.0. The summed E-state index contributed by atoms with van der Waals surface area (Å²) in [4.78, 5) is 41.6. The normalized spacial score (nSPS) is 21.7. The van der Waals surface area contributed by atoms with Crippen LogP contribution in [0.3, 0.4) is 0 Å². The highest BCUT2D eigenvalue weighted by atomic mass is 19.4. The monoisotopic (exact) mass is 537 g/mol. The van der Waals surface area contributed by atoms with Gasteiger partial charge in [0.2, 0.25) is 5.88 Å². The number of anilines is 3. The number of alkyl halides is 3. The highest BCUT2D eigenvalue weighted by Crippen LogP contribution is 2.39. The fourth-order valence-corrected chi connectivity index (χ4v) is 4.52. The lowest BCUT2D eigenvalue weighted by Gasteiger charge is -2.35. The quantitative estimate of drug-likeness (QED) is 0.570. The molecule has 0 aromatic carbocycles. The highest BCUT2D eigenvalue weighted by Gasteiger charge is 2.41. The molecule has 2 aromatic rings. The van der Waals surface area contributed by atoms with Gasteiger partial charge in [0.15, 0.2) is 17.4 Å². The van der Waals surface area contributed by atoms with Crippen LogP contribution in [0.1, 0.15) is 30.8 Å². The number of aromatic nitrogens is 3. The molecule has 2 N–H and O–H groups in total. The molecule has 0 aliphatic carbocycles. The third-order valence-electron chi connectivity index (χ3n) is 6.20. The topological polar surface area (TPSA) is 131 Å². The number of fused-ring (bicyclic) bond motifs is 4. The molecule has 1 unspecified atom stereocenters. The Morgan fingerprint density at radius 3 is 2.74 bits per heavy atom. The van der Waals surface area contributed by atoms with Gasteiger partial charge in [0.05, 0.1) is 30.7 Å². The van der Waals surface area contributed by atoms with Crippen molar-refractivity contribution >= 4 is 29.3 Å². The van der Waals surface area contributed by atoms with Crippen molar-refractivity contribution in [3.63, 3.8) is 0 Å². The molecule has 12 nitrogen and oxygen atoms in total. The van der Waals surface area contributed by atoms with Crippen molar-refractivity contribution in [2.45, 2.75) is 44.4 Å². The lowest BCUT2D eigenvalue weighted by atomic mass is 10.1. The second-order valence-corrected chi connectivity index (χ2v) is 9.53. The molecule has 3 aliphatic heterocycles. The number of rotatable bonds is 6. The first-order valence-corrected chi connectivity index (χ1v) is 12.0. The number of ether oxygens (including phenoxy) is 3. The van der Waals surface area contributed by atoms with E-state index in [4.69, 9.17) is 14.2 Å². The fraction of sp³-hybridized carbons (Fsp3) is 0.522. The van der Waals surface area contributed by atoms with Crippen LogP contribution in [0, 0.1) is 0 Å². The summed E-state index contributed by atoms with van der Waals surface area (Å²) in [5.74, 6) is -1.07. The number of pyridine rings is 1. The summed E-state index contributed by atoms with van der Waals surface area (Å²) in [6.45, 7) is 3.98. The van der Waals surface area contributed by atoms with Crippen LogP contribution in [0.5, 0.6) is 5.88 Å². The SMILES string of the molecule is CC1(C)OC[C@H](COc2cnc(NC(=O)N3c4nc(C(=O)NCC(F)(F)F)ccc4N4CCC3C4)cn2)O1. The van der Waals surface area contributed by atoms with Gasteiger partial charge in [-0.1, -0.05) is 0 Å². The van der Waals surface area contributed by atoms with Crippen molar-refractivity contribution in [3.8, 4) is 5.88 Å². The number of hydrogen-bond donors (Lipinski definition) is 2. The van der Waals surface area contributed by atoms with E-state index in [1.165, 1.54) is 23.4 Å². The van der Waals surface area contributed by atoms with Crippen molar-refractivity contribution < 1.29 is 37.0 Å². The van der Waals surface area contributed by atoms with Gasteiger partial charge in [-0.3, -0.25) is 15.0 Å². The molecular formula is C23H26F3N7O5. The smallest absolute Gasteiger partial charge is 0.405 e. The zero-order valence-electron chi connectivity index (χ0n) is 20.6. The maximum Gasteiger partial charge on any atom is 0.405 e. The Hall–Kier alpha value is -3.72. The number of urea groups is 1. The van der Waals surface area contributed by atoms with Crippen molar-refractivity contribution in [1.82, 2.24) is 20.3 Å². The van der Waals surface area contributed by atoms with Gasteiger partial charge in [-0.05, 0) is 32.4 Å². The predicted octanol–water partition coefficient (Wildman–Crippen LogP) is 2.32. The fourth-order valence-electron chi connectivity index (χ4n) is 4.52.